The first-order valence-electron chi connectivity index (χ1n) is 10.9. The fourth-order valence-corrected chi connectivity index (χ4v) is 4.90. The van der Waals surface area contributed by atoms with Crippen LogP contribution >= 0.6 is 0 Å². The summed E-state index contributed by atoms with van der Waals surface area (Å²) in [5, 5.41) is 4.52. The van der Waals surface area contributed by atoms with Gasteiger partial charge in [-0.15, -0.1) is 0 Å². The van der Waals surface area contributed by atoms with Crippen LogP contribution < -0.4 is 0 Å². The number of hydrogen-bond acceptors (Lipinski definition) is 3. The normalized spacial score (nSPS) is 11.6. The van der Waals surface area contributed by atoms with Crippen molar-refractivity contribution < 1.29 is 0 Å². The number of rotatable bonds is 2. The highest BCUT2D eigenvalue weighted by Gasteiger charge is 2.17. The monoisotopic (exact) mass is 422 g/mol. The number of fused-ring (bicyclic) bond motifs is 6. The molecule has 0 atom stereocenters. The summed E-state index contributed by atoms with van der Waals surface area (Å²) in [4.78, 5) is 13.8. The zero-order valence-corrected chi connectivity index (χ0v) is 17.7. The van der Waals surface area contributed by atoms with Crippen LogP contribution in [0.3, 0.4) is 0 Å². The molecule has 4 heteroatoms. The second-order valence-electron chi connectivity index (χ2n) is 8.21. The Morgan fingerprint density at radius 2 is 1.48 bits per heavy atom. The van der Waals surface area contributed by atoms with Gasteiger partial charge in [0.15, 0.2) is 0 Å². The van der Waals surface area contributed by atoms with E-state index in [1.165, 1.54) is 11.1 Å². The largest absolute Gasteiger partial charge is 0.306 e. The zero-order chi connectivity index (χ0) is 21.8. The van der Waals surface area contributed by atoms with Crippen LogP contribution in [-0.2, 0) is 0 Å². The summed E-state index contributed by atoms with van der Waals surface area (Å²) in [6.07, 6.45) is 5.39. The van der Waals surface area contributed by atoms with Crippen molar-refractivity contribution in [3.8, 4) is 16.8 Å². The molecular formula is C29H18N4. The third-order valence-electron chi connectivity index (χ3n) is 6.37. The lowest BCUT2D eigenvalue weighted by molar-refractivity contribution is 1.15. The highest BCUT2D eigenvalue weighted by Crippen LogP contribution is 2.37. The van der Waals surface area contributed by atoms with Gasteiger partial charge in [-0.1, -0.05) is 66.7 Å². The summed E-state index contributed by atoms with van der Waals surface area (Å²) in [7, 11) is 0. The van der Waals surface area contributed by atoms with Gasteiger partial charge in [-0.2, -0.15) is 0 Å². The molecule has 154 valence electrons. The second kappa shape index (κ2) is 6.97. The van der Waals surface area contributed by atoms with Crippen molar-refractivity contribution in [2.24, 2.45) is 0 Å². The van der Waals surface area contributed by atoms with Crippen molar-refractivity contribution in [2.75, 3.05) is 0 Å². The number of aromatic nitrogens is 4. The number of hydrogen-bond donors (Lipinski definition) is 0. The maximum atomic E-state index is 4.75. The average molecular weight is 422 g/mol. The quantitative estimate of drug-likeness (QED) is 0.283. The molecule has 0 radical (unpaired) electrons. The van der Waals surface area contributed by atoms with Crippen molar-refractivity contribution in [3.63, 3.8) is 0 Å². The minimum absolute atomic E-state index is 0.947. The first-order chi connectivity index (χ1) is 16.4. The molecule has 0 aliphatic heterocycles. The van der Waals surface area contributed by atoms with E-state index in [1.54, 1.807) is 6.33 Å². The first-order valence-corrected chi connectivity index (χ1v) is 10.9. The first kappa shape index (κ1) is 18.0. The highest BCUT2D eigenvalue weighted by molar-refractivity contribution is 6.13. The molecule has 0 amide bonds. The van der Waals surface area contributed by atoms with Gasteiger partial charge in [0, 0.05) is 22.4 Å². The van der Waals surface area contributed by atoms with E-state index in [2.05, 4.69) is 93.4 Å². The topological polar surface area (TPSA) is 43.6 Å². The van der Waals surface area contributed by atoms with Crippen LogP contribution in [0.2, 0.25) is 0 Å². The van der Waals surface area contributed by atoms with Gasteiger partial charge >= 0.3 is 0 Å². The summed E-state index contributed by atoms with van der Waals surface area (Å²) >= 11 is 0. The molecule has 33 heavy (non-hydrogen) atoms. The Morgan fingerprint density at radius 1 is 0.606 bits per heavy atom. The number of benzene rings is 4. The predicted octanol–water partition coefficient (Wildman–Crippen LogP) is 6.94. The minimum Gasteiger partial charge on any atom is -0.306 e. The lowest BCUT2D eigenvalue weighted by Crippen LogP contribution is -1.97. The van der Waals surface area contributed by atoms with Gasteiger partial charge in [0.25, 0.3) is 0 Å². The van der Waals surface area contributed by atoms with Crippen LogP contribution in [0, 0.1) is 0 Å². The Kier molecular flexibility index (Phi) is 3.81. The van der Waals surface area contributed by atoms with Crippen LogP contribution in [0.4, 0.5) is 0 Å². The van der Waals surface area contributed by atoms with Gasteiger partial charge < -0.3 is 4.57 Å². The molecule has 7 rings (SSSR count). The van der Waals surface area contributed by atoms with Gasteiger partial charge in [0.05, 0.1) is 34.0 Å². The molecule has 4 aromatic carbocycles. The molecule has 0 saturated heterocycles. The molecule has 0 unspecified atom stereocenters. The maximum absolute atomic E-state index is 4.75. The van der Waals surface area contributed by atoms with Crippen LogP contribution in [0.15, 0.2) is 110 Å². The van der Waals surface area contributed by atoms with Crippen molar-refractivity contribution in [1.82, 2.24) is 19.5 Å². The molecular weight excluding hydrogens is 404 g/mol. The van der Waals surface area contributed by atoms with E-state index in [-0.39, 0.29) is 0 Å². The van der Waals surface area contributed by atoms with Crippen LogP contribution in [-0.4, -0.2) is 19.5 Å². The van der Waals surface area contributed by atoms with Crippen LogP contribution in [0.5, 0.6) is 0 Å². The van der Waals surface area contributed by atoms with Crippen LogP contribution in [0.1, 0.15) is 0 Å². The predicted molar refractivity (Wildman–Crippen MR) is 135 cm³/mol. The van der Waals surface area contributed by atoms with E-state index in [9.17, 15) is 0 Å². The molecule has 3 heterocycles. The Labute approximate surface area is 189 Å². The Morgan fingerprint density at radius 3 is 2.42 bits per heavy atom. The van der Waals surface area contributed by atoms with E-state index >= 15 is 0 Å². The van der Waals surface area contributed by atoms with Crippen molar-refractivity contribution >= 4 is 43.6 Å². The molecule has 4 nitrogen and oxygen atoms in total. The molecule has 0 N–H and O–H groups in total. The Hall–Kier alpha value is -4.57. The molecule has 0 fully saturated rings. The molecule has 0 saturated carbocycles. The van der Waals surface area contributed by atoms with Gasteiger partial charge in [-0.05, 0) is 40.8 Å². The second-order valence-corrected chi connectivity index (χ2v) is 8.21. The molecule has 0 bridgehead atoms. The van der Waals surface area contributed by atoms with E-state index in [0.717, 1.165) is 49.3 Å². The van der Waals surface area contributed by atoms with Gasteiger partial charge in [-0.3, -0.25) is 4.98 Å². The summed E-state index contributed by atoms with van der Waals surface area (Å²) in [5.74, 6) is 0. The van der Waals surface area contributed by atoms with Crippen molar-refractivity contribution in [1.29, 1.82) is 0 Å². The van der Waals surface area contributed by atoms with Gasteiger partial charge in [0.1, 0.15) is 6.33 Å². The summed E-state index contributed by atoms with van der Waals surface area (Å²) < 4.78 is 2.27. The fraction of sp³-hybridized carbons (Fsp3) is 0. The third-order valence-corrected chi connectivity index (χ3v) is 6.37. The van der Waals surface area contributed by atoms with Crippen molar-refractivity contribution in [2.45, 2.75) is 0 Å². The lowest BCUT2D eigenvalue weighted by Gasteiger charge is -2.13. The molecule has 7 aromatic rings. The Balaban J connectivity index is 1.62. The van der Waals surface area contributed by atoms with Gasteiger partial charge in [0.2, 0.25) is 0 Å². The number of nitrogens with zero attached hydrogens (tertiary/aromatic N) is 4. The van der Waals surface area contributed by atoms with Crippen LogP contribution in [0.25, 0.3) is 60.4 Å². The summed E-state index contributed by atoms with van der Waals surface area (Å²) in [6, 6.07) is 31.9. The molecule has 0 spiro atoms. The fourth-order valence-electron chi connectivity index (χ4n) is 4.90. The van der Waals surface area contributed by atoms with E-state index in [4.69, 9.17) is 4.98 Å². The van der Waals surface area contributed by atoms with E-state index in [0.29, 0.717) is 0 Å². The molecule has 0 aliphatic rings. The Bertz CT molecular complexity index is 1820. The zero-order valence-electron chi connectivity index (χ0n) is 17.7. The standard InChI is InChI=1S/C29H18N4/c1-2-6-19(7-3-1)22-13-14-24-23(16-22)29-26(17-30-18-32-29)33(24)25-10-4-8-20-11-12-21-9-5-15-31-28(21)27(20)25/h1-18H. The molecule has 3 aromatic heterocycles. The third kappa shape index (κ3) is 2.68. The number of pyridine rings is 1. The van der Waals surface area contributed by atoms with Crippen molar-refractivity contribution in [3.05, 3.63) is 110 Å². The van der Waals surface area contributed by atoms with E-state index in [1.807, 2.05) is 24.5 Å². The maximum Gasteiger partial charge on any atom is 0.116 e. The molecule has 0 aliphatic carbocycles. The smallest absolute Gasteiger partial charge is 0.116 e. The summed E-state index contributed by atoms with van der Waals surface area (Å²) in [6.45, 7) is 0. The van der Waals surface area contributed by atoms with E-state index < -0.39 is 0 Å². The van der Waals surface area contributed by atoms with Gasteiger partial charge in [-0.25, -0.2) is 9.97 Å². The SMILES string of the molecule is c1ccc(-c2ccc3c(c2)c2ncncc2n3-c2cccc3ccc4cccnc4c23)cc1. The highest BCUT2D eigenvalue weighted by atomic mass is 15.0. The minimum atomic E-state index is 0.947. The average Bonchev–Trinajstić information content (AvgIpc) is 3.22. The lowest BCUT2D eigenvalue weighted by atomic mass is 10.0. The summed E-state index contributed by atoms with van der Waals surface area (Å²) in [5.41, 5.74) is 7.48.